The lowest BCUT2D eigenvalue weighted by Gasteiger charge is -2.44. The molecule has 0 radical (unpaired) electrons. The molecule has 9 heteroatoms. The second-order valence-corrected chi connectivity index (χ2v) is 8.23. The molecule has 1 saturated heterocycles. The molecule has 28 heavy (non-hydrogen) atoms. The molecule has 2 amide bonds. The van der Waals surface area contributed by atoms with Crippen LogP contribution in [0.15, 0.2) is 24.3 Å². The Hall–Kier alpha value is -1.96. The number of alkyl halides is 3. The zero-order valence-electron chi connectivity index (χ0n) is 16.1. The molecule has 0 aliphatic carbocycles. The monoisotopic (exact) mass is 420 g/mol. The fourth-order valence-corrected chi connectivity index (χ4v) is 3.51. The number of halogens is 4. The molecule has 1 aliphatic heterocycles. The number of hydrogen-bond acceptors (Lipinski definition) is 3. The van der Waals surface area contributed by atoms with E-state index in [9.17, 15) is 22.8 Å². The molecule has 0 bridgehead atoms. The molecule has 156 valence electrons. The smallest absolute Gasteiger partial charge is 0.408 e. The van der Waals surface area contributed by atoms with Gasteiger partial charge in [0, 0.05) is 17.0 Å². The van der Waals surface area contributed by atoms with Crippen LogP contribution in [0.3, 0.4) is 0 Å². The topological polar surface area (TPSA) is 58.6 Å². The Kier molecular flexibility index (Phi) is 6.85. The Morgan fingerprint density at radius 2 is 1.96 bits per heavy atom. The molecule has 2 rings (SSSR count). The van der Waals surface area contributed by atoms with E-state index in [1.54, 1.807) is 45.0 Å². The number of nitrogens with zero attached hydrogens (tertiary/aromatic N) is 1. The summed E-state index contributed by atoms with van der Waals surface area (Å²) in [6, 6.07) is 4.63. The van der Waals surface area contributed by atoms with E-state index < -0.39 is 48.3 Å². The maximum Gasteiger partial charge on any atom is 0.408 e. The van der Waals surface area contributed by atoms with Crippen molar-refractivity contribution in [1.82, 2.24) is 10.2 Å². The largest absolute Gasteiger partial charge is 0.444 e. The van der Waals surface area contributed by atoms with Crippen LogP contribution in [0.4, 0.5) is 18.0 Å². The average Bonchev–Trinajstić information content (AvgIpc) is 2.55. The molecule has 4 unspecified atom stereocenters. The first-order valence-electron chi connectivity index (χ1n) is 8.90. The highest BCUT2D eigenvalue weighted by Gasteiger charge is 2.46. The zero-order chi connectivity index (χ0) is 21.2. The third-order valence-corrected chi connectivity index (χ3v) is 4.74. The average molecular weight is 421 g/mol. The van der Waals surface area contributed by atoms with Crippen LogP contribution in [0.5, 0.6) is 0 Å². The number of amides is 2. The summed E-state index contributed by atoms with van der Waals surface area (Å²) < 4.78 is 45.5. The van der Waals surface area contributed by atoms with Crippen molar-refractivity contribution in [1.29, 1.82) is 0 Å². The summed E-state index contributed by atoms with van der Waals surface area (Å²) in [4.78, 5) is 25.3. The Bertz CT molecular complexity index is 727. The van der Waals surface area contributed by atoms with Gasteiger partial charge in [0.05, 0.1) is 0 Å². The molecular weight excluding hydrogens is 397 g/mol. The van der Waals surface area contributed by atoms with Crippen LogP contribution in [-0.2, 0) is 9.53 Å². The molecule has 5 nitrogen and oxygen atoms in total. The Morgan fingerprint density at radius 3 is 2.50 bits per heavy atom. The van der Waals surface area contributed by atoms with Gasteiger partial charge in [0.2, 0.25) is 12.2 Å². The van der Waals surface area contributed by atoms with E-state index in [0.29, 0.717) is 15.5 Å². The first kappa shape index (κ1) is 22.3. The normalized spacial score (nSPS) is 24.2. The fraction of sp³-hybridized carbons (Fsp3) is 0.579. The van der Waals surface area contributed by atoms with Crippen molar-refractivity contribution in [3.63, 3.8) is 0 Å². The van der Waals surface area contributed by atoms with Gasteiger partial charge in [-0.2, -0.15) is 0 Å². The number of carbonyl (C=O) groups excluding carboxylic acids is 2. The predicted molar refractivity (Wildman–Crippen MR) is 99.2 cm³/mol. The van der Waals surface area contributed by atoms with Gasteiger partial charge in [-0.15, -0.1) is 0 Å². The van der Waals surface area contributed by atoms with Crippen molar-refractivity contribution < 1.29 is 27.5 Å². The zero-order valence-corrected chi connectivity index (χ0v) is 16.8. The second kappa shape index (κ2) is 8.59. The van der Waals surface area contributed by atoms with E-state index in [1.807, 2.05) is 0 Å². The van der Waals surface area contributed by atoms with Gasteiger partial charge < -0.3 is 15.0 Å². The molecule has 1 aliphatic rings. The highest BCUT2D eigenvalue weighted by atomic mass is 35.5. The molecule has 0 aromatic heterocycles. The summed E-state index contributed by atoms with van der Waals surface area (Å²) in [5.74, 6) is -1.42. The molecule has 0 spiro atoms. The highest BCUT2D eigenvalue weighted by Crippen LogP contribution is 2.36. The minimum Gasteiger partial charge on any atom is -0.444 e. The van der Waals surface area contributed by atoms with Gasteiger partial charge in [0.25, 0.3) is 6.43 Å². The van der Waals surface area contributed by atoms with Crippen LogP contribution >= 0.6 is 11.6 Å². The van der Waals surface area contributed by atoms with Gasteiger partial charge in [0.1, 0.15) is 11.6 Å². The number of nitrogens with one attached hydrogen (secondary N) is 1. The Labute approximate surface area is 167 Å². The van der Waals surface area contributed by atoms with Crippen molar-refractivity contribution in [2.45, 2.75) is 70.4 Å². The third kappa shape index (κ3) is 5.31. The number of piperidine rings is 1. The summed E-state index contributed by atoms with van der Waals surface area (Å²) >= 11 is 6.02. The minimum atomic E-state index is -3.37. The SMILES string of the molecule is CC1C(c2cccc(Cl)c2)CC(NC(=O)OC(C)(C)C)C(=O)N1C(F)C(F)F. The van der Waals surface area contributed by atoms with E-state index in [-0.39, 0.29) is 6.42 Å². The molecule has 1 aromatic carbocycles. The van der Waals surface area contributed by atoms with E-state index in [0.717, 1.165) is 0 Å². The maximum absolute atomic E-state index is 14.2. The first-order valence-corrected chi connectivity index (χ1v) is 9.28. The van der Waals surface area contributed by atoms with Crippen LogP contribution in [0.2, 0.25) is 5.02 Å². The lowest BCUT2D eigenvalue weighted by atomic mass is 9.81. The summed E-state index contributed by atoms with van der Waals surface area (Å²) in [5, 5.41) is 2.81. The van der Waals surface area contributed by atoms with Gasteiger partial charge in [-0.25, -0.2) is 18.0 Å². The minimum absolute atomic E-state index is 0.103. The number of benzene rings is 1. The maximum atomic E-state index is 14.2. The van der Waals surface area contributed by atoms with Crippen LogP contribution in [0, 0.1) is 0 Å². The quantitative estimate of drug-likeness (QED) is 0.730. The van der Waals surface area contributed by atoms with E-state index in [1.165, 1.54) is 6.92 Å². The van der Waals surface area contributed by atoms with Crippen molar-refractivity contribution in [2.75, 3.05) is 0 Å². The van der Waals surface area contributed by atoms with Crippen molar-refractivity contribution in [3.05, 3.63) is 34.9 Å². The van der Waals surface area contributed by atoms with Crippen LogP contribution in [-0.4, -0.2) is 47.3 Å². The van der Waals surface area contributed by atoms with Gasteiger partial charge >= 0.3 is 6.09 Å². The van der Waals surface area contributed by atoms with Crippen molar-refractivity contribution >= 4 is 23.6 Å². The van der Waals surface area contributed by atoms with Crippen molar-refractivity contribution in [3.8, 4) is 0 Å². The lowest BCUT2D eigenvalue weighted by Crippen LogP contribution is -2.61. The van der Waals surface area contributed by atoms with Crippen molar-refractivity contribution in [2.24, 2.45) is 0 Å². The molecule has 0 saturated carbocycles. The van der Waals surface area contributed by atoms with Gasteiger partial charge in [0.15, 0.2) is 0 Å². The number of alkyl carbamates (subject to hydrolysis) is 1. The first-order chi connectivity index (χ1) is 12.9. The number of rotatable bonds is 4. The van der Waals surface area contributed by atoms with Gasteiger partial charge in [-0.1, -0.05) is 23.7 Å². The molecule has 1 aromatic rings. The molecule has 4 atom stereocenters. The van der Waals surface area contributed by atoms with Crippen LogP contribution in [0.25, 0.3) is 0 Å². The van der Waals surface area contributed by atoms with Crippen LogP contribution in [0.1, 0.15) is 45.6 Å². The number of likely N-dealkylation sites (tertiary alicyclic amines) is 1. The Balaban J connectivity index is 2.34. The number of ether oxygens (including phenoxy) is 1. The second-order valence-electron chi connectivity index (χ2n) is 7.79. The Morgan fingerprint density at radius 1 is 1.32 bits per heavy atom. The molecule has 1 N–H and O–H groups in total. The summed E-state index contributed by atoms with van der Waals surface area (Å²) in [6.45, 7) is 6.44. The summed E-state index contributed by atoms with van der Waals surface area (Å²) in [6.07, 6.45) is -6.93. The van der Waals surface area contributed by atoms with Gasteiger partial charge in [-0.3, -0.25) is 4.79 Å². The lowest BCUT2D eigenvalue weighted by molar-refractivity contribution is -0.157. The summed E-state index contributed by atoms with van der Waals surface area (Å²) in [7, 11) is 0. The fourth-order valence-electron chi connectivity index (χ4n) is 3.32. The number of carbonyl (C=O) groups is 2. The number of hydrogen-bond donors (Lipinski definition) is 1. The van der Waals surface area contributed by atoms with Gasteiger partial charge in [-0.05, 0) is 51.8 Å². The third-order valence-electron chi connectivity index (χ3n) is 4.50. The van der Waals surface area contributed by atoms with E-state index >= 15 is 0 Å². The molecule has 1 heterocycles. The standard InChI is InChI=1S/C19H24ClF3N2O3/c1-10-13(11-6-5-7-12(20)8-11)9-14(24-18(27)28-19(2,3)4)17(26)25(10)16(23)15(21)22/h5-8,10,13-16H,9H2,1-4H3,(H,24,27). The highest BCUT2D eigenvalue weighted by molar-refractivity contribution is 6.30. The van der Waals surface area contributed by atoms with E-state index in [2.05, 4.69) is 5.32 Å². The molecular formula is C19H24ClF3N2O3. The predicted octanol–water partition coefficient (Wildman–Crippen LogP) is 4.50. The summed E-state index contributed by atoms with van der Waals surface area (Å²) in [5.41, 5.74) is -0.151. The molecule has 1 fully saturated rings. The van der Waals surface area contributed by atoms with E-state index in [4.69, 9.17) is 16.3 Å². The van der Waals surface area contributed by atoms with Crippen LogP contribution < -0.4 is 5.32 Å².